The van der Waals surface area contributed by atoms with Crippen LogP contribution in [0.25, 0.3) is 0 Å². The molecule has 0 saturated carbocycles. The number of piperidine rings is 1. The maximum Gasteiger partial charge on any atom is 0.148 e. The Hall–Kier alpha value is -0.170. The van der Waals surface area contributed by atoms with Gasteiger partial charge in [-0.15, -0.1) is 0 Å². The van der Waals surface area contributed by atoms with Crippen LogP contribution in [0, 0.1) is 5.92 Å². The molecule has 0 aliphatic carbocycles. The molecule has 2 fully saturated rings. The first kappa shape index (κ1) is 18.2. The zero-order valence-corrected chi connectivity index (χ0v) is 15.1. The lowest BCUT2D eigenvalue weighted by Gasteiger charge is -2.37. The molecule has 0 unspecified atom stereocenters. The second kappa shape index (κ2) is 8.08. The summed E-state index contributed by atoms with van der Waals surface area (Å²) in [4.78, 5) is 4.84. The molecule has 0 aromatic carbocycles. The van der Waals surface area contributed by atoms with E-state index in [-0.39, 0.29) is 0 Å². The molecule has 2 aliphatic rings. The molecule has 2 rings (SSSR count). The number of hydrogen-bond acceptors (Lipinski definition) is 5. The van der Waals surface area contributed by atoms with Gasteiger partial charge in [-0.05, 0) is 58.7 Å². The molecule has 2 aliphatic heterocycles. The van der Waals surface area contributed by atoms with Crippen molar-refractivity contribution in [2.75, 3.05) is 51.3 Å². The summed E-state index contributed by atoms with van der Waals surface area (Å²) < 4.78 is 28.2. The van der Waals surface area contributed by atoms with E-state index < -0.39 is 9.84 Å². The van der Waals surface area contributed by atoms with Gasteiger partial charge in [0.25, 0.3) is 0 Å². The minimum absolute atomic E-state index is 0.293. The molecule has 0 bridgehead atoms. The average molecular weight is 333 g/mol. The summed E-state index contributed by atoms with van der Waals surface area (Å²) in [7, 11) is -2.83. The van der Waals surface area contributed by atoms with Crippen LogP contribution in [0.5, 0.6) is 0 Å². The van der Waals surface area contributed by atoms with E-state index in [1.165, 1.54) is 32.1 Å². The van der Waals surface area contributed by atoms with Crippen molar-refractivity contribution >= 4 is 9.84 Å². The summed E-state index contributed by atoms with van der Waals surface area (Å²) in [5, 5.41) is 0. The fourth-order valence-electron chi connectivity index (χ4n) is 3.63. The molecule has 130 valence electrons. The van der Waals surface area contributed by atoms with E-state index >= 15 is 0 Å². The van der Waals surface area contributed by atoms with Crippen LogP contribution >= 0.6 is 0 Å². The van der Waals surface area contributed by atoms with Gasteiger partial charge in [0.1, 0.15) is 9.84 Å². The number of hydrogen-bond donors (Lipinski definition) is 0. The highest BCUT2D eigenvalue weighted by Gasteiger charge is 2.24. The summed E-state index contributed by atoms with van der Waals surface area (Å²) >= 11 is 0. The highest BCUT2D eigenvalue weighted by atomic mass is 32.2. The fraction of sp³-hybridized carbons (Fsp3) is 1.00. The Balaban J connectivity index is 1.63. The van der Waals surface area contributed by atoms with Crippen LogP contribution in [0.4, 0.5) is 0 Å². The number of rotatable bonds is 6. The van der Waals surface area contributed by atoms with E-state index in [0.29, 0.717) is 24.5 Å². The SMILES string of the molecule is C[C@H]1CN(CCC2CCN(CCS(C)(=O)=O)CC2)C[C@H](C)O1. The lowest BCUT2D eigenvalue weighted by atomic mass is 9.93. The molecule has 5 nitrogen and oxygen atoms in total. The zero-order chi connectivity index (χ0) is 16.2. The van der Waals surface area contributed by atoms with E-state index in [1.807, 2.05) is 0 Å². The predicted octanol–water partition coefficient (Wildman–Crippen LogP) is 1.24. The van der Waals surface area contributed by atoms with Crippen LogP contribution in [0.2, 0.25) is 0 Å². The zero-order valence-electron chi connectivity index (χ0n) is 14.3. The molecule has 0 aromatic rings. The van der Waals surface area contributed by atoms with Gasteiger partial charge in [0.2, 0.25) is 0 Å². The number of morpholine rings is 1. The van der Waals surface area contributed by atoms with Gasteiger partial charge in [-0.25, -0.2) is 8.42 Å². The van der Waals surface area contributed by atoms with Crippen molar-refractivity contribution < 1.29 is 13.2 Å². The quantitative estimate of drug-likeness (QED) is 0.732. The largest absolute Gasteiger partial charge is 0.373 e. The highest BCUT2D eigenvalue weighted by Crippen LogP contribution is 2.21. The van der Waals surface area contributed by atoms with Gasteiger partial charge in [-0.1, -0.05) is 0 Å². The Morgan fingerprint density at radius 2 is 1.59 bits per heavy atom. The third-order valence-corrected chi connectivity index (χ3v) is 5.76. The van der Waals surface area contributed by atoms with E-state index in [1.54, 1.807) is 0 Å². The summed E-state index contributed by atoms with van der Waals surface area (Å²) in [6.07, 6.45) is 5.70. The van der Waals surface area contributed by atoms with Crippen molar-refractivity contribution in [3.63, 3.8) is 0 Å². The smallest absolute Gasteiger partial charge is 0.148 e. The third kappa shape index (κ3) is 6.52. The van der Waals surface area contributed by atoms with Gasteiger partial charge < -0.3 is 9.64 Å². The molecule has 22 heavy (non-hydrogen) atoms. The van der Waals surface area contributed by atoms with Crippen LogP contribution in [-0.4, -0.2) is 81.7 Å². The molecule has 0 radical (unpaired) electrons. The first-order valence-corrected chi connectivity index (χ1v) is 10.7. The molecule has 0 N–H and O–H groups in total. The third-order valence-electron chi connectivity index (χ3n) is 4.83. The molecule has 6 heteroatoms. The minimum atomic E-state index is -2.83. The Morgan fingerprint density at radius 1 is 1.00 bits per heavy atom. The number of likely N-dealkylation sites (tertiary alicyclic amines) is 1. The highest BCUT2D eigenvalue weighted by molar-refractivity contribution is 7.90. The van der Waals surface area contributed by atoms with Crippen molar-refractivity contribution in [1.82, 2.24) is 9.80 Å². The monoisotopic (exact) mass is 332 g/mol. The minimum Gasteiger partial charge on any atom is -0.373 e. The van der Waals surface area contributed by atoms with Crippen molar-refractivity contribution in [3.05, 3.63) is 0 Å². The van der Waals surface area contributed by atoms with Crippen molar-refractivity contribution in [2.45, 2.75) is 45.3 Å². The van der Waals surface area contributed by atoms with Crippen LogP contribution < -0.4 is 0 Å². The Morgan fingerprint density at radius 3 is 2.14 bits per heavy atom. The van der Waals surface area contributed by atoms with Crippen molar-refractivity contribution in [3.8, 4) is 0 Å². The van der Waals surface area contributed by atoms with Crippen molar-refractivity contribution in [2.24, 2.45) is 5.92 Å². The number of sulfone groups is 1. The molecule has 2 atom stereocenters. The Kier molecular flexibility index (Phi) is 6.68. The van der Waals surface area contributed by atoms with E-state index in [2.05, 4.69) is 23.6 Å². The maximum absolute atomic E-state index is 11.2. The first-order chi connectivity index (χ1) is 10.3. The molecule has 2 heterocycles. The van der Waals surface area contributed by atoms with Crippen molar-refractivity contribution in [1.29, 1.82) is 0 Å². The Labute approximate surface area is 135 Å². The molecular weight excluding hydrogens is 300 g/mol. The van der Waals surface area contributed by atoms with Gasteiger partial charge in [0.05, 0.1) is 18.0 Å². The second-order valence-corrected chi connectivity index (χ2v) is 9.48. The van der Waals surface area contributed by atoms with E-state index in [9.17, 15) is 8.42 Å². The molecule has 0 amide bonds. The van der Waals surface area contributed by atoms with Crippen LogP contribution in [0.15, 0.2) is 0 Å². The van der Waals surface area contributed by atoms with Gasteiger partial charge >= 0.3 is 0 Å². The lowest BCUT2D eigenvalue weighted by Crippen LogP contribution is -2.46. The Bertz CT molecular complexity index is 423. The molecule has 2 saturated heterocycles. The van der Waals surface area contributed by atoms with Crippen LogP contribution in [0.3, 0.4) is 0 Å². The lowest BCUT2D eigenvalue weighted by molar-refractivity contribution is -0.0693. The predicted molar refractivity (Wildman–Crippen MR) is 89.9 cm³/mol. The van der Waals surface area contributed by atoms with Crippen LogP contribution in [0.1, 0.15) is 33.1 Å². The number of nitrogens with zero attached hydrogens (tertiary/aromatic N) is 2. The molecule has 0 spiro atoms. The fourth-order valence-corrected chi connectivity index (χ4v) is 4.22. The van der Waals surface area contributed by atoms with Gasteiger partial charge in [0, 0.05) is 25.9 Å². The topological polar surface area (TPSA) is 49.9 Å². The van der Waals surface area contributed by atoms with Gasteiger partial charge in [-0.2, -0.15) is 0 Å². The summed E-state index contributed by atoms with van der Waals surface area (Å²) in [6.45, 7) is 10.4. The summed E-state index contributed by atoms with van der Waals surface area (Å²) in [5.74, 6) is 1.09. The number of ether oxygens (including phenoxy) is 1. The molecular formula is C16H32N2O3S. The average Bonchev–Trinajstić information content (AvgIpc) is 2.42. The van der Waals surface area contributed by atoms with Crippen LogP contribution in [-0.2, 0) is 14.6 Å². The standard InChI is InChI=1S/C16H32N2O3S/c1-14-12-18(13-15(2)21-14)9-6-16-4-7-17(8-5-16)10-11-22(3,19)20/h14-16H,4-13H2,1-3H3/t14-,15-/m0/s1. The normalized spacial score (nSPS) is 29.8. The van der Waals surface area contributed by atoms with Gasteiger partial charge in [-0.3, -0.25) is 4.90 Å². The summed E-state index contributed by atoms with van der Waals surface area (Å²) in [6, 6.07) is 0. The van der Waals surface area contributed by atoms with Gasteiger partial charge in [0.15, 0.2) is 0 Å². The van der Waals surface area contributed by atoms with E-state index in [4.69, 9.17) is 4.74 Å². The molecule has 0 aromatic heterocycles. The maximum atomic E-state index is 11.2. The summed E-state index contributed by atoms with van der Waals surface area (Å²) in [5.41, 5.74) is 0. The van der Waals surface area contributed by atoms with E-state index in [0.717, 1.165) is 32.1 Å². The second-order valence-electron chi connectivity index (χ2n) is 7.22. The first-order valence-electron chi connectivity index (χ1n) is 8.59.